The first-order chi connectivity index (χ1) is 9.53. The maximum atomic E-state index is 10.0. The molecule has 112 valence electrons. The second kappa shape index (κ2) is 4.35. The summed E-state index contributed by atoms with van der Waals surface area (Å²) in [5.41, 5.74) is 2.92. The predicted octanol–water partition coefficient (Wildman–Crippen LogP) is 4.70. The van der Waals surface area contributed by atoms with Crippen molar-refractivity contribution in [2.75, 3.05) is 0 Å². The van der Waals surface area contributed by atoms with Crippen LogP contribution in [-0.2, 0) is 0 Å². The minimum absolute atomic E-state index is 0.0100. The fourth-order valence-electron chi connectivity index (χ4n) is 6.56. The van der Waals surface area contributed by atoms with E-state index in [0.29, 0.717) is 10.8 Å². The van der Waals surface area contributed by atoms with Gasteiger partial charge in [0.15, 0.2) is 0 Å². The summed E-state index contributed by atoms with van der Waals surface area (Å²) < 4.78 is 0. The first-order valence-electron chi connectivity index (χ1n) is 8.91. The van der Waals surface area contributed by atoms with E-state index in [-0.39, 0.29) is 6.10 Å². The molecule has 4 aliphatic carbocycles. The third kappa shape index (κ3) is 1.71. The highest BCUT2D eigenvalue weighted by Gasteiger charge is 2.55. The van der Waals surface area contributed by atoms with Crippen molar-refractivity contribution >= 4 is 0 Å². The molecule has 0 aliphatic heterocycles. The Hall–Kier alpha value is -0.300. The van der Waals surface area contributed by atoms with Crippen molar-refractivity contribution in [3.63, 3.8) is 0 Å². The fraction of sp³-hybridized carbons (Fsp3) is 0.895. The smallest absolute Gasteiger partial charge is 0.0543 e. The Balaban J connectivity index is 1.66. The second-order valence-corrected chi connectivity index (χ2v) is 8.72. The van der Waals surface area contributed by atoms with Gasteiger partial charge in [0.1, 0.15) is 0 Å². The average molecular weight is 274 g/mol. The van der Waals surface area contributed by atoms with Crippen molar-refractivity contribution in [2.24, 2.45) is 28.6 Å². The molecular weight excluding hydrogens is 244 g/mol. The van der Waals surface area contributed by atoms with Gasteiger partial charge in [-0.25, -0.2) is 0 Å². The van der Waals surface area contributed by atoms with Gasteiger partial charge in [-0.05, 0) is 86.4 Å². The molecule has 1 nitrogen and oxygen atoms in total. The van der Waals surface area contributed by atoms with E-state index in [1.54, 1.807) is 0 Å². The Bertz CT molecular complexity index is 439. The third-order valence-corrected chi connectivity index (χ3v) is 7.83. The lowest BCUT2D eigenvalue weighted by Gasteiger charge is -2.59. The lowest BCUT2D eigenvalue weighted by Crippen LogP contribution is -2.51. The second-order valence-electron chi connectivity index (χ2n) is 8.72. The molecule has 0 unspecified atom stereocenters. The van der Waals surface area contributed by atoms with Gasteiger partial charge in [0.05, 0.1) is 6.10 Å². The van der Waals surface area contributed by atoms with E-state index in [9.17, 15) is 5.11 Å². The molecule has 20 heavy (non-hydrogen) atoms. The minimum Gasteiger partial charge on any atom is -0.393 e. The number of aliphatic hydroxyl groups is 1. The summed E-state index contributed by atoms with van der Waals surface area (Å²) in [4.78, 5) is 0. The summed E-state index contributed by atoms with van der Waals surface area (Å²) in [6.45, 7) is 5.10. The van der Waals surface area contributed by atoms with Crippen molar-refractivity contribution in [2.45, 2.75) is 77.7 Å². The minimum atomic E-state index is -0.0100. The Morgan fingerprint density at radius 2 is 1.90 bits per heavy atom. The molecule has 0 spiro atoms. The first kappa shape index (κ1) is 13.4. The number of fused-ring (bicyclic) bond motifs is 5. The lowest BCUT2D eigenvalue weighted by atomic mass is 9.46. The zero-order valence-electron chi connectivity index (χ0n) is 13.2. The fourth-order valence-corrected chi connectivity index (χ4v) is 6.56. The zero-order chi connectivity index (χ0) is 14.0. The third-order valence-electron chi connectivity index (χ3n) is 7.83. The van der Waals surface area contributed by atoms with Crippen LogP contribution in [-0.4, -0.2) is 11.2 Å². The lowest BCUT2D eigenvalue weighted by molar-refractivity contribution is -0.0812. The van der Waals surface area contributed by atoms with Gasteiger partial charge < -0.3 is 5.11 Å². The van der Waals surface area contributed by atoms with Gasteiger partial charge in [0.25, 0.3) is 0 Å². The summed E-state index contributed by atoms with van der Waals surface area (Å²) in [6, 6.07) is 0. The quantitative estimate of drug-likeness (QED) is 0.635. The molecule has 0 aromatic rings. The van der Waals surface area contributed by atoms with Crippen LogP contribution in [0.15, 0.2) is 11.6 Å². The van der Waals surface area contributed by atoms with Crippen molar-refractivity contribution in [3.05, 3.63) is 11.6 Å². The maximum absolute atomic E-state index is 10.0. The summed E-state index contributed by atoms with van der Waals surface area (Å²) in [5.74, 6) is 2.58. The molecule has 4 aliphatic rings. The SMILES string of the molecule is C[C@]12CCC=C1[C@@H]1CC[C@@H]3C[C@H](O)CC[C@@]3(C)[C@@H]1CC2. The van der Waals surface area contributed by atoms with Gasteiger partial charge in [-0.3, -0.25) is 0 Å². The van der Waals surface area contributed by atoms with E-state index in [2.05, 4.69) is 19.9 Å². The van der Waals surface area contributed by atoms with Crippen LogP contribution in [0.3, 0.4) is 0 Å². The van der Waals surface area contributed by atoms with Crippen molar-refractivity contribution in [1.82, 2.24) is 0 Å². The first-order valence-corrected chi connectivity index (χ1v) is 8.91. The molecule has 0 bridgehead atoms. The van der Waals surface area contributed by atoms with Crippen LogP contribution in [0.5, 0.6) is 0 Å². The molecule has 0 aromatic heterocycles. The van der Waals surface area contributed by atoms with Crippen molar-refractivity contribution < 1.29 is 5.11 Å². The van der Waals surface area contributed by atoms with Crippen LogP contribution >= 0.6 is 0 Å². The van der Waals surface area contributed by atoms with E-state index in [4.69, 9.17) is 0 Å². The van der Waals surface area contributed by atoms with Gasteiger partial charge in [-0.2, -0.15) is 0 Å². The average Bonchev–Trinajstić information content (AvgIpc) is 2.81. The van der Waals surface area contributed by atoms with E-state index in [1.165, 1.54) is 44.9 Å². The molecule has 0 radical (unpaired) electrons. The Kier molecular flexibility index (Phi) is 2.91. The molecular formula is C19H30O. The Morgan fingerprint density at radius 1 is 1.05 bits per heavy atom. The van der Waals surface area contributed by atoms with E-state index < -0.39 is 0 Å². The highest BCUT2D eigenvalue weighted by Crippen LogP contribution is 2.64. The van der Waals surface area contributed by atoms with E-state index >= 15 is 0 Å². The monoisotopic (exact) mass is 274 g/mol. The molecule has 3 fully saturated rings. The standard InChI is InChI=1S/C19H30O/c1-18-9-3-4-16(18)15-6-5-13-12-14(20)7-11-19(13,2)17(15)8-10-18/h4,13-15,17,20H,3,5-12H2,1-2H3/t13-,14-,15+,17-,18-,19-/m1/s1. The molecule has 0 saturated heterocycles. The van der Waals surface area contributed by atoms with Gasteiger partial charge in [-0.15, -0.1) is 0 Å². The molecule has 0 aromatic carbocycles. The summed E-state index contributed by atoms with van der Waals surface area (Å²) in [6.07, 6.45) is 14.4. The van der Waals surface area contributed by atoms with Gasteiger partial charge in [0, 0.05) is 0 Å². The normalized spacial score (nSPS) is 54.6. The maximum Gasteiger partial charge on any atom is 0.0543 e. The largest absolute Gasteiger partial charge is 0.393 e. The van der Waals surface area contributed by atoms with E-state index in [1.807, 2.05) is 5.57 Å². The molecule has 0 heterocycles. The predicted molar refractivity (Wildman–Crippen MR) is 82.3 cm³/mol. The summed E-state index contributed by atoms with van der Waals surface area (Å²) >= 11 is 0. The van der Waals surface area contributed by atoms with Gasteiger partial charge in [0.2, 0.25) is 0 Å². The molecule has 1 heteroatoms. The van der Waals surface area contributed by atoms with Crippen LogP contribution in [0.4, 0.5) is 0 Å². The summed E-state index contributed by atoms with van der Waals surface area (Å²) in [5, 5.41) is 10.0. The molecule has 0 amide bonds. The van der Waals surface area contributed by atoms with Crippen LogP contribution in [0, 0.1) is 28.6 Å². The highest BCUT2D eigenvalue weighted by atomic mass is 16.3. The Morgan fingerprint density at radius 3 is 2.75 bits per heavy atom. The zero-order valence-corrected chi connectivity index (χ0v) is 13.2. The number of allylic oxidation sites excluding steroid dienone is 2. The van der Waals surface area contributed by atoms with Gasteiger partial charge in [-0.1, -0.05) is 25.5 Å². The van der Waals surface area contributed by atoms with Crippen LogP contribution in [0.2, 0.25) is 0 Å². The Labute approximate surface area is 123 Å². The van der Waals surface area contributed by atoms with Crippen LogP contribution < -0.4 is 0 Å². The molecule has 3 saturated carbocycles. The number of rotatable bonds is 0. The number of hydrogen-bond acceptors (Lipinski definition) is 1. The topological polar surface area (TPSA) is 20.2 Å². The van der Waals surface area contributed by atoms with Crippen molar-refractivity contribution in [3.8, 4) is 0 Å². The highest BCUT2D eigenvalue weighted by molar-refractivity contribution is 5.27. The number of aliphatic hydroxyl groups excluding tert-OH is 1. The number of hydrogen-bond donors (Lipinski definition) is 1. The molecule has 1 N–H and O–H groups in total. The molecule has 4 rings (SSSR count). The van der Waals surface area contributed by atoms with Crippen LogP contribution in [0.25, 0.3) is 0 Å². The van der Waals surface area contributed by atoms with Crippen LogP contribution in [0.1, 0.15) is 71.6 Å². The van der Waals surface area contributed by atoms with Gasteiger partial charge >= 0.3 is 0 Å². The summed E-state index contributed by atoms with van der Waals surface area (Å²) in [7, 11) is 0. The van der Waals surface area contributed by atoms with E-state index in [0.717, 1.165) is 30.6 Å². The molecule has 6 atom stereocenters. The van der Waals surface area contributed by atoms with Crippen molar-refractivity contribution in [1.29, 1.82) is 0 Å².